The molecule has 0 saturated carbocycles. The van der Waals surface area contributed by atoms with Crippen LogP contribution in [-0.4, -0.2) is 34.5 Å². The zero-order valence-corrected chi connectivity index (χ0v) is 22.6. The van der Waals surface area contributed by atoms with Crippen molar-refractivity contribution in [1.29, 1.82) is 0 Å². The number of fused-ring (bicyclic) bond motifs is 1. The maximum Gasteiger partial charge on any atom is 0.253 e. The van der Waals surface area contributed by atoms with Gasteiger partial charge in [0.15, 0.2) is 0 Å². The maximum atomic E-state index is 14.6. The third kappa shape index (κ3) is 5.09. The van der Waals surface area contributed by atoms with Gasteiger partial charge in [-0.15, -0.1) is 0 Å². The number of carbonyl (C=O) groups is 1. The molecule has 194 valence electrons. The number of nitrogens with one attached hydrogen (secondary N) is 2. The van der Waals surface area contributed by atoms with Crippen LogP contribution in [0.3, 0.4) is 0 Å². The summed E-state index contributed by atoms with van der Waals surface area (Å²) in [5.74, 6) is -0.512. The molecule has 37 heavy (non-hydrogen) atoms. The van der Waals surface area contributed by atoms with Crippen LogP contribution in [0.1, 0.15) is 58.3 Å². The summed E-state index contributed by atoms with van der Waals surface area (Å²) in [6, 6.07) is 12.9. The predicted octanol–water partition coefficient (Wildman–Crippen LogP) is 5.63. The minimum Gasteiger partial charge on any atom is -0.348 e. The summed E-state index contributed by atoms with van der Waals surface area (Å²) in [7, 11) is 3.82. The second-order valence-electron chi connectivity index (χ2n) is 10.3. The van der Waals surface area contributed by atoms with E-state index in [2.05, 4.69) is 28.7 Å². The molecule has 7 heteroatoms. The van der Waals surface area contributed by atoms with Crippen LogP contribution in [0.2, 0.25) is 0 Å². The van der Waals surface area contributed by atoms with Crippen LogP contribution >= 0.6 is 0 Å². The van der Waals surface area contributed by atoms with E-state index < -0.39 is 0 Å². The molecule has 0 saturated heterocycles. The summed E-state index contributed by atoms with van der Waals surface area (Å²) in [4.78, 5) is 30.8. The first-order valence-electron chi connectivity index (χ1n) is 12.5. The average molecular weight is 503 g/mol. The molecule has 0 spiro atoms. The highest BCUT2D eigenvalue weighted by atomic mass is 19.1. The normalized spacial score (nSPS) is 11.6. The standard InChI is InChI=1S/C30H35FN4O2/c1-17(2)35-20(5)27(21-11-12-25(31)22(14-21)16-34(6)7)28-23(9-8-10-26(28)35)29(36)32-15-24-18(3)13-19(4)33-30(24)37/h8-14,17H,15-16H2,1-7H3,(H,32,36)(H,33,37). The van der Waals surface area contributed by atoms with Crippen LogP contribution < -0.4 is 10.9 Å². The van der Waals surface area contributed by atoms with Gasteiger partial charge in [-0.3, -0.25) is 9.59 Å². The smallest absolute Gasteiger partial charge is 0.253 e. The van der Waals surface area contributed by atoms with E-state index in [1.165, 1.54) is 6.07 Å². The zero-order chi connectivity index (χ0) is 27.0. The minimum atomic E-state index is -0.261. The van der Waals surface area contributed by atoms with Crippen molar-refractivity contribution in [1.82, 2.24) is 19.8 Å². The molecule has 0 atom stereocenters. The molecular formula is C30H35FN4O2. The van der Waals surface area contributed by atoms with Gasteiger partial charge in [0.05, 0.1) is 0 Å². The van der Waals surface area contributed by atoms with E-state index >= 15 is 0 Å². The summed E-state index contributed by atoms with van der Waals surface area (Å²) in [5.41, 5.74) is 6.82. The summed E-state index contributed by atoms with van der Waals surface area (Å²) in [5, 5.41) is 3.78. The number of rotatable bonds is 7. The van der Waals surface area contributed by atoms with Crippen LogP contribution in [0.25, 0.3) is 22.0 Å². The van der Waals surface area contributed by atoms with Crippen molar-refractivity contribution in [3.8, 4) is 11.1 Å². The second-order valence-corrected chi connectivity index (χ2v) is 10.3. The maximum absolute atomic E-state index is 14.6. The largest absolute Gasteiger partial charge is 0.348 e. The topological polar surface area (TPSA) is 70.1 Å². The molecule has 2 aromatic heterocycles. The highest BCUT2D eigenvalue weighted by Gasteiger charge is 2.23. The van der Waals surface area contributed by atoms with Crippen molar-refractivity contribution < 1.29 is 9.18 Å². The number of aromatic amines is 1. The first kappa shape index (κ1) is 26.4. The molecular weight excluding hydrogens is 467 g/mol. The molecule has 0 radical (unpaired) electrons. The number of aryl methyl sites for hydroxylation is 2. The van der Waals surface area contributed by atoms with E-state index in [9.17, 15) is 14.0 Å². The Morgan fingerprint density at radius 1 is 1.11 bits per heavy atom. The molecule has 2 heterocycles. The van der Waals surface area contributed by atoms with Gasteiger partial charge in [-0.2, -0.15) is 0 Å². The molecule has 0 bridgehead atoms. The zero-order valence-electron chi connectivity index (χ0n) is 22.6. The Bertz CT molecular complexity index is 1550. The Morgan fingerprint density at radius 2 is 1.84 bits per heavy atom. The molecule has 1 amide bonds. The first-order valence-corrected chi connectivity index (χ1v) is 12.5. The van der Waals surface area contributed by atoms with Crippen LogP contribution in [0.4, 0.5) is 4.39 Å². The fourth-order valence-corrected chi connectivity index (χ4v) is 5.25. The monoisotopic (exact) mass is 502 g/mol. The minimum absolute atomic E-state index is 0.124. The van der Waals surface area contributed by atoms with Gasteiger partial charge in [-0.25, -0.2) is 4.39 Å². The number of hydrogen-bond acceptors (Lipinski definition) is 3. The number of hydrogen-bond donors (Lipinski definition) is 2. The average Bonchev–Trinajstić information content (AvgIpc) is 3.11. The van der Waals surface area contributed by atoms with E-state index in [1.54, 1.807) is 6.07 Å². The van der Waals surface area contributed by atoms with Gasteiger partial charge >= 0.3 is 0 Å². The van der Waals surface area contributed by atoms with Gasteiger partial charge in [-0.1, -0.05) is 12.1 Å². The van der Waals surface area contributed by atoms with Crippen molar-refractivity contribution in [2.45, 2.75) is 53.8 Å². The van der Waals surface area contributed by atoms with E-state index in [4.69, 9.17) is 0 Å². The van der Waals surface area contributed by atoms with Crippen molar-refractivity contribution >= 4 is 16.8 Å². The summed E-state index contributed by atoms with van der Waals surface area (Å²) in [6.07, 6.45) is 0. The number of carbonyl (C=O) groups excluding carboxylic acids is 1. The highest BCUT2D eigenvalue weighted by molar-refractivity contribution is 6.13. The number of aromatic nitrogens is 2. The van der Waals surface area contributed by atoms with Crippen LogP contribution in [0.15, 0.2) is 47.3 Å². The first-order chi connectivity index (χ1) is 17.5. The Labute approximate surface area is 217 Å². The fraction of sp³-hybridized carbons (Fsp3) is 0.333. The van der Waals surface area contributed by atoms with Crippen molar-refractivity contribution in [2.24, 2.45) is 0 Å². The Morgan fingerprint density at radius 3 is 2.49 bits per heavy atom. The lowest BCUT2D eigenvalue weighted by atomic mass is 9.96. The molecule has 6 nitrogen and oxygen atoms in total. The van der Waals surface area contributed by atoms with Crippen molar-refractivity contribution in [2.75, 3.05) is 14.1 Å². The van der Waals surface area contributed by atoms with Gasteiger partial charge < -0.3 is 19.8 Å². The third-order valence-electron chi connectivity index (χ3n) is 6.78. The second kappa shape index (κ2) is 10.3. The highest BCUT2D eigenvalue weighted by Crippen LogP contribution is 2.39. The van der Waals surface area contributed by atoms with E-state index in [0.29, 0.717) is 23.2 Å². The van der Waals surface area contributed by atoms with Crippen molar-refractivity contribution in [3.63, 3.8) is 0 Å². The lowest BCUT2D eigenvalue weighted by Crippen LogP contribution is -2.28. The molecule has 0 fully saturated rings. The quantitative estimate of drug-likeness (QED) is 0.344. The molecule has 4 aromatic rings. The molecule has 0 aliphatic rings. The Hall–Kier alpha value is -3.71. The molecule has 2 aromatic carbocycles. The van der Waals surface area contributed by atoms with E-state index in [0.717, 1.165) is 39.0 Å². The van der Waals surface area contributed by atoms with Crippen LogP contribution in [0.5, 0.6) is 0 Å². The van der Waals surface area contributed by atoms with Gasteiger partial charge in [0.25, 0.3) is 11.5 Å². The Kier molecular flexibility index (Phi) is 7.37. The van der Waals surface area contributed by atoms with Gasteiger partial charge in [0, 0.05) is 63.7 Å². The van der Waals surface area contributed by atoms with Gasteiger partial charge in [0.2, 0.25) is 0 Å². The summed E-state index contributed by atoms with van der Waals surface area (Å²) in [6.45, 7) is 10.6. The van der Waals surface area contributed by atoms with Crippen LogP contribution in [0, 0.1) is 26.6 Å². The van der Waals surface area contributed by atoms with Crippen molar-refractivity contribution in [3.05, 3.63) is 92.3 Å². The molecule has 4 rings (SSSR count). The number of H-pyrrole nitrogens is 1. The number of amides is 1. The number of pyridine rings is 1. The SMILES string of the molecule is Cc1cc(C)c(CNC(=O)c2cccc3c2c(-c2ccc(F)c(CN(C)C)c2)c(C)n3C(C)C)c(=O)[nH]1. The number of halogens is 1. The van der Waals surface area contributed by atoms with E-state index in [1.807, 2.05) is 70.1 Å². The van der Waals surface area contributed by atoms with Gasteiger partial charge in [-0.05, 0) is 90.2 Å². The summed E-state index contributed by atoms with van der Waals surface area (Å²) >= 11 is 0. The summed E-state index contributed by atoms with van der Waals surface area (Å²) < 4.78 is 16.8. The Balaban J connectivity index is 1.85. The van der Waals surface area contributed by atoms with E-state index in [-0.39, 0.29) is 29.9 Å². The lowest BCUT2D eigenvalue weighted by Gasteiger charge is -2.14. The predicted molar refractivity (Wildman–Crippen MR) is 148 cm³/mol. The third-order valence-corrected chi connectivity index (χ3v) is 6.78. The number of nitrogens with zero attached hydrogens (tertiary/aromatic N) is 2. The molecule has 0 aliphatic heterocycles. The lowest BCUT2D eigenvalue weighted by molar-refractivity contribution is 0.0952. The van der Waals surface area contributed by atoms with Gasteiger partial charge in [0.1, 0.15) is 5.82 Å². The molecule has 0 aliphatic carbocycles. The van der Waals surface area contributed by atoms with Crippen LogP contribution in [-0.2, 0) is 13.1 Å². The molecule has 2 N–H and O–H groups in total. The molecule has 0 unspecified atom stereocenters. The fourth-order valence-electron chi connectivity index (χ4n) is 5.25. The number of benzene rings is 2.